The number of piperazine rings is 1. The molecule has 1 aromatic carbocycles. The molecule has 0 unspecified atom stereocenters. The SMILES string of the molecule is O=C(c1cncc(NC2CC2)c1)N1CCN(c2ccc(F)cc2)CC1. The van der Waals surface area contributed by atoms with Crippen LogP contribution >= 0.6 is 0 Å². The van der Waals surface area contributed by atoms with Crippen molar-refractivity contribution >= 4 is 17.3 Å². The summed E-state index contributed by atoms with van der Waals surface area (Å²) in [7, 11) is 0. The van der Waals surface area contributed by atoms with Crippen LogP contribution in [0.2, 0.25) is 0 Å². The van der Waals surface area contributed by atoms with Crippen LogP contribution in [0.5, 0.6) is 0 Å². The van der Waals surface area contributed by atoms with Crippen molar-refractivity contribution in [2.24, 2.45) is 0 Å². The number of rotatable bonds is 4. The summed E-state index contributed by atoms with van der Waals surface area (Å²) in [5.41, 5.74) is 2.53. The third kappa shape index (κ3) is 3.73. The van der Waals surface area contributed by atoms with Gasteiger partial charge in [0, 0.05) is 50.3 Å². The zero-order chi connectivity index (χ0) is 17.2. The molecule has 6 heteroatoms. The number of halogens is 1. The maximum atomic E-state index is 13.0. The Kier molecular flexibility index (Phi) is 4.26. The lowest BCUT2D eigenvalue weighted by Crippen LogP contribution is -2.48. The number of benzene rings is 1. The topological polar surface area (TPSA) is 48.5 Å². The van der Waals surface area contributed by atoms with E-state index in [1.807, 2.05) is 11.0 Å². The normalized spacial score (nSPS) is 17.5. The van der Waals surface area contributed by atoms with Gasteiger partial charge in [-0.1, -0.05) is 0 Å². The van der Waals surface area contributed by atoms with E-state index in [1.165, 1.54) is 25.0 Å². The Hall–Kier alpha value is -2.63. The molecule has 1 amide bonds. The Morgan fingerprint density at radius 3 is 2.48 bits per heavy atom. The summed E-state index contributed by atoms with van der Waals surface area (Å²) < 4.78 is 13.0. The van der Waals surface area contributed by atoms with Crippen molar-refractivity contribution < 1.29 is 9.18 Å². The molecule has 2 heterocycles. The molecule has 25 heavy (non-hydrogen) atoms. The number of hydrogen-bond acceptors (Lipinski definition) is 4. The number of carbonyl (C=O) groups excluding carboxylic acids is 1. The molecule has 2 aliphatic rings. The first-order chi connectivity index (χ1) is 12.2. The Bertz CT molecular complexity index is 752. The molecule has 5 nitrogen and oxygen atoms in total. The quantitative estimate of drug-likeness (QED) is 0.930. The average Bonchev–Trinajstić information content (AvgIpc) is 3.46. The molecule has 2 aromatic rings. The summed E-state index contributed by atoms with van der Waals surface area (Å²) in [4.78, 5) is 21.0. The molecule has 1 N–H and O–H groups in total. The molecular weight excluding hydrogens is 319 g/mol. The van der Waals surface area contributed by atoms with Crippen LogP contribution in [-0.2, 0) is 0 Å². The maximum absolute atomic E-state index is 13.0. The van der Waals surface area contributed by atoms with Crippen LogP contribution in [0, 0.1) is 5.82 Å². The van der Waals surface area contributed by atoms with Crippen molar-refractivity contribution in [3.8, 4) is 0 Å². The van der Waals surface area contributed by atoms with E-state index >= 15 is 0 Å². The summed E-state index contributed by atoms with van der Waals surface area (Å²) in [5.74, 6) is -0.213. The number of hydrogen-bond donors (Lipinski definition) is 1. The highest BCUT2D eigenvalue weighted by Gasteiger charge is 2.24. The largest absolute Gasteiger partial charge is 0.381 e. The highest BCUT2D eigenvalue weighted by molar-refractivity contribution is 5.95. The van der Waals surface area contributed by atoms with Gasteiger partial charge in [0.2, 0.25) is 0 Å². The minimum atomic E-state index is -0.232. The molecular formula is C19H21FN4O. The molecule has 130 valence electrons. The lowest BCUT2D eigenvalue weighted by molar-refractivity contribution is 0.0746. The second-order valence-electron chi connectivity index (χ2n) is 6.64. The van der Waals surface area contributed by atoms with Crippen molar-refractivity contribution in [3.63, 3.8) is 0 Å². The summed E-state index contributed by atoms with van der Waals surface area (Å²) in [5, 5.41) is 3.38. The second kappa shape index (κ2) is 6.70. The molecule has 2 fully saturated rings. The molecule has 0 atom stereocenters. The van der Waals surface area contributed by atoms with Crippen LogP contribution in [0.3, 0.4) is 0 Å². The van der Waals surface area contributed by atoms with E-state index in [-0.39, 0.29) is 11.7 Å². The van der Waals surface area contributed by atoms with Gasteiger partial charge in [-0.15, -0.1) is 0 Å². The molecule has 4 rings (SSSR count). The molecule has 0 bridgehead atoms. The summed E-state index contributed by atoms with van der Waals surface area (Å²) in [6.45, 7) is 2.78. The third-order valence-corrected chi connectivity index (χ3v) is 4.69. The van der Waals surface area contributed by atoms with E-state index in [1.54, 1.807) is 24.5 Å². The van der Waals surface area contributed by atoms with E-state index < -0.39 is 0 Å². The Labute approximate surface area is 146 Å². The first-order valence-corrected chi connectivity index (χ1v) is 8.70. The fourth-order valence-electron chi connectivity index (χ4n) is 3.10. The highest BCUT2D eigenvalue weighted by Crippen LogP contribution is 2.25. The lowest BCUT2D eigenvalue weighted by atomic mass is 10.2. The predicted octanol–water partition coefficient (Wildman–Crippen LogP) is 2.76. The Morgan fingerprint density at radius 2 is 1.80 bits per heavy atom. The third-order valence-electron chi connectivity index (χ3n) is 4.69. The van der Waals surface area contributed by atoms with Crippen molar-refractivity contribution in [1.29, 1.82) is 0 Å². The number of aromatic nitrogens is 1. The molecule has 1 saturated carbocycles. The fourth-order valence-corrected chi connectivity index (χ4v) is 3.10. The van der Waals surface area contributed by atoms with Crippen LogP contribution in [0.1, 0.15) is 23.2 Å². The van der Waals surface area contributed by atoms with Gasteiger partial charge in [-0.2, -0.15) is 0 Å². The minimum Gasteiger partial charge on any atom is -0.381 e. The Balaban J connectivity index is 1.38. The van der Waals surface area contributed by atoms with Gasteiger partial charge in [0.25, 0.3) is 5.91 Å². The fraction of sp³-hybridized carbons (Fsp3) is 0.368. The van der Waals surface area contributed by atoms with Crippen molar-refractivity contribution in [1.82, 2.24) is 9.88 Å². The molecule has 1 aliphatic heterocycles. The highest BCUT2D eigenvalue weighted by atomic mass is 19.1. The molecule has 1 aromatic heterocycles. The number of nitrogens with one attached hydrogen (secondary N) is 1. The van der Waals surface area contributed by atoms with Gasteiger partial charge in [-0.05, 0) is 43.2 Å². The summed E-state index contributed by atoms with van der Waals surface area (Å²) in [6.07, 6.45) is 5.77. The van der Waals surface area contributed by atoms with Crippen LogP contribution < -0.4 is 10.2 Å². The first-order valence-electron chi connectivity index (χ1n) is 8.70. The summed E-state index contributed by atoms with van der Waals surface area (Å²) in [6, 6.07) is 8.92. The number of nitrogens with zero attached hydrogens (tertiary/aromatic N) is 3. The predicted molar refractivity (Wildman–Crippen MR) is 95.4 cm³/mol. The monoisotopic (exact) mass is 340 g/mol. The van der Waals surface area contributed by atoms with Crippen LogP contribution in [0.4, 0.5) is 15.8 Å². The van der Waals surface area contributed by atoms with Gasteiger partial charge >= 0.3 is 0 Å². The van der Waals surface area contributed by atoms with Crippen molar-refractivity contribution in [2.75, 3.05) is 36.4 Å². The van der Waals surface area contributed by atoms with Gasteiger partial charge in [0.05, 0.1) is 11.3 Å². The number of anilines is 2. The van der Waals surface area contributed by atoms with Gasteiger partial charge in [0.1, 0.15) is 5.82 Å². The van der Waals surface area contributed by atoms with Gasteiger partial charge in [-0.3, -0.25) is 9.78 Å². The lowest BCUT2D eigenvalue weighted by Gasteiger charge is -2.36. The van der Waals surface area contributed by atoms with E-state index in [2.05, 4.69) is 15.2 Å². The van der Waals surface area contributed by atoms with Gasteiger partial charge in [0.15, 0.2) is 0 Å². The number of carbonyl (C=O) groups is 1. The van der Waals surface area contributed by atoms with Crippen molar-refractivity contribution in [3.05, 3.63) is 54.1 Å². The van der Waals surface area contributed by atoms with E-state index in [4.69, 9.17) is 0 Å². The molecule has 0 spiro atoms. The van der Waals surface area contributed by atoms with E-state index in [0.717, 1.165) is 24.5 Å². The average molecular weight is 340 g/mol. The number of pyridine rings is 1. The van der Waals surface area contributed by atoms with Crippen LogP contribution in [0.25, 0.3) is 0 Å². The van der Waals surface area contributed by atoms with E-state index in [0.29, 0.717) is 24.7 Å². The van der Waals surface area contributed by atoms with Gasteiger partial charge in [-0.25, -0.2) is 4.39 Å². The summed E-state index contributed by atoms with van der Waals surface area (Å²) >= 11 is 0. The minimum absolute atomic E-state index is 0.0192. The molecule has 0 radical (unpaired) electrons. The van der Waals surface area contributed by atoms with E-state index in [9.17, 15) is 9.18 Å². The Morgan fingerprint density at radius 1 is 1.08 bits per heavy atom. The van der Waals surface area contributed by atoms with Crippen LogP contribution in [-0.4, -0.2) is 48.0 Å². The van der Waals surface area contributed by atoms with Gasteiger partial charge < -0.3 is 15.1 Å². The second-order valence-corrected chi connectivity index (χ2v) is 6.64. The maximum Gasteiger partial charge on any atom is 0.255 e. The zero-order valence-electron chi connectivity index (χ0n) is 14.0. The van der Waals surface area contributed by atoms with Crippen molar-refractivity contribution in [2.45, 2.75) is 18.9 Å². The zero-order valence-corrected chi connectivity index (χ0v) is 14.0. The molecule has 1 saturated heterocycles. The standard InChI is InChI=1S/C19H21FN4O/c20-15-1-5-18(6-2-15)23-7-9-24(10-8-23)19(25)14-11-17(13-21-12-14)22-16-3-4-16/h1-2,5-6,11-13,16,22H,3-4,7-10H2. The molecule has 1 aliphatic carbocycles. The number of amides is 1. The van der Waals surface area contributed by atoms with Crippen LogP contribution in [0.15, 0.2) is 42.7 Å². The smallest absolute Gasteiger partial charge is 0.255 e. The first kappa shape index (κ1) is 15.9.